The highest BCUT2D eigenvalue weighted by Crippen LogP contribution is 2.23. The summed E-state index contributed by atoms with van der Waals surface area (Å²) in [5, 5.41) is 12.0. The van der Waals surface area contributed by atoms with Crippen LogP contribution in [0, 0.1) is 0 Å². The number of benzene rings is 3. The first-order valence-electron chi connectivity index (χ1n) is 8.94. The fraction of sp³-hybridized carbons (Fsp3) is 0.130. The van der Waals surface area contributed by atoms with Crippen molar-refractivity contribution < 1.29 is 19.4 Å². The maximum atomic E-state index is 12.8. The molecule has 0 saturated carbocycles. The van der Waals surface area contributed by atoms with Crippen molar-refractivity contribution in [2.75, 3.05) is 0 Å². The highest BCUT2D eigenvalue weighted by molar-refractivity contribution is 5.89. The summed E-state index contributed by atoms with van der Waals surface area (Å²) in [6.07, 6.45) is -0.853. The highest BCUT2D eigenvalue weighted by atomic mass is 16.6. The van der Waals surface area contributed by atoms with Crippen molar-refractivity contribution in [2.24, 2.45) is 0 Å². The Hall–Kier alpha value is -3.60. The first kappa shape index (κ1) is 19.2. The van der Waals surface area contributed by atoms with Crippen molar-refractivity contribution in [1.29, 1.82) is 0 Å². The van der Waals surface area contributed by atoms with E-state index < -0.39 is 17.8 Å². The molecule has 1 amide bonds. The zero-order valence-corrected chi connectivity index (χ0v) is 15.2. The molecular formula is C23H21NO4. The molecule has 5 heteroatoms. The lowest BCUT2D eigenvalue weighted by Crippen LogP contribution is -2.54. The predicted molar refractivity (Wildman–Crippen MR) is 106 cm³/mol. The van der Waals surface area contributed by atoms with Crippen molar-refractivity contribution in [3.63, 3.8) is 0 Å². The number of hydrogen-bond acceptors (Lipinski definition) is 3. The molecule has 3 rings (SSSR count). The van der Waals surface area contributed by atoms with Gasteiger partial charge in [0.1, 0.15) is 0 Å². The number of carbonyl (C=O) groups excluding carboxylic acids is 1. The number of carbonyl (C=O) groups is 2. The van der Waals surface area contributed by atoms with Crippen LogP contribution in [0.2, 0.25) is 0 Å². The van der Waals surface area contributed by atoms with Crippen LogP contribution in [0.5, 0.6) is 0 Å². The maximum absolute atomic E-state index is 12.8. The van der Waals surface area contributed by atoms with E-state index in [1.807, 2.05) is 60.7 Å². The van der Waals surface area contributed by atoms with Gasteiger partial charge in [0.05, 0.1) is 5.56 Å². The van der Waals surface area contributed by atoms with Gasteiger partial charge in [0.15, 0.2) is 5.72 Å². The van der Waals surface area contributed by atoms with Crippen molar-refractivity contribution in [1.82, 2.24) is 5.32 Å². The van der Waals surface area contributed by atoms with E-state index in [0.717, 1.165) is 11.1 Å². The molecule has 0 bridgehead atoms. The Kier molecular flexibility index (Phi) is 6.07. The first-order valence-corrected chi connectivity index (χ1v) is 8.94. The molecule has 28 heavy (non-hydrogen) atoms. The van der Waals surface area contributed by atoms with Gasteiger partial charge in [0.25, 0.3) is 0 Å². The van der Waals surface area contributed by atoms with E-state index in [1.54, 1.807) is 30.3 Å². The van der Waals surface area contributed by atoms with E-state index in [2.05, 4.69) is 5.32 Å². The second-order valence-electron chi connectivity index (χ2n) is 6.50. The van der Waals surface area contributed by atoms with Gasteiger partial charge < -0.3 is 9.84 Å². The van der Waals surface area contributed by atoms with Crippen LogP contribution in [-0.4, -0.2) is 22.9 Å². The summed E-state index contributed by atoms with van der Waals surface area (Å²) in [7, 11) is 0. The maximum Gasteiger partial charge on any atom is 0.407 e. The van der Waals surface area contributed by atoms with Crippen LogP contribution in [0.4, 0.5) is 4.79 Å². The molecular weight excluding hydrogens is 354 g/mol. The molecule has 0 aliphatic carbocycles. The van der Waals surface area contributed by atoms with Gasteiger partial charge in [-0.2, -0.15) is 0 Å². The molecule has 0 heterocycles. The molecule has 3 aromatic rings. The van der Waals surface area contributed by atoms with Gasteiger partial charge in [-0.3, -0.25) is 5.32 Å². The second-order valence-corrected chi connectivity index (χ2v) is 6.50. The SMILES string of the molecule is O=C(O)NC(Cc1ccccc1)(Cc1ccccc1)OC(=O)c1ccccc1. The standard InChI is InChI=1S/C23H21NO4/c25-21(20-14-8-3-9-15-20)28-23(24-22(26)27,16-18-10-4-1-5-11-18)17-19-12-6-2-7-13-19/h1-15,24H,16-17H2,(H,26,27). The predicted octanol–water partition coefficient (Wildman–Crippen LogP) is 4.29. The Bertz CT molecular complexity index is 870. The summed E-state index contributed by atoms with van der Waals surface area (Å²) in [6.45, 7) is 0. The zero-order valence-electron chi connectivity index (χ0n) is 15.2. The summed E-state index contributed by atoms with van der Waals surface area (Å²) in [4.78, 5) is 24.4. The summed E-state index contributed by atoms with van der Waals surface area (Å²) in [6, 6.07) is 27.2. The number of amides is 1. The van der Waals surface area contributed by atoms with E-state index in [-0.39, 0.29) is 12.8 Å². The minimum Gasteiger partial charge on any atom is -0.465 e. The molecule has 0 radical (unpaired) electrons. The number of esters is 1. The van der Waals surface area contributed by atoms with Crippen LogP contribution >= 0.6 is 0 Å². The molecule has 0 fully saturated rings. The molecule has 0 aliphatic heterocycles. The van der Waals surface area contributed by atoms with E-state index >= 15 is 0 Å². The number of rotatable bonds is 7. The van der Waals surface area contributed by atoms with Crippen molar-refractivity contribution >= 4 is 12.1 Å². The Morgan fingerprint density at radius 3 is 1.61 bits per heavy atom. The average Bonchev–Trinajstić information content (AvgIpc) is 2.69. The molecule has 0 unspecified atom stereocenters. The molecule has 3 aromatic carbocycles. The lowest BCUT2D eigenvalue weighted by Gasteiger charge is -2.33. The third kappa shape index (κ3) is 5.20. The van der Waals surface area contributed by atoms with Crippen LogP contribution in [0.15, 0.2) is 91.0 Å². The summed E-state index contributed by atoms with van der Waals surface area (Å²) in [5.41, 5.74) is 0.628. The normalized spacial score (nSPS) is 10.9. The quantitative estimate of drug-likeness (QED) is 0.477. The van der Waals surface area contributed by atoms with Crippen molar-refractivity contribution in [3.05, 3.63) is 108 Å². The second kappa shape index (κ2) is 8.86. The number of ether oxygens (including phenoxy) is 1. The Morgan fingerprint density at radius 1 is 0.750 bits per heavy atom. The number of nitrogens with one attached hydrogen (secondary N) is 1. The molecule has 0 spiro atoms. The largest absolute Gasteiger partial charge is 0.465 e. The van der Waals surface area contributed by atoms with Gasteiger partial charge in [-0.1, -0.05) is 78.9 Å². The number of hydrogen-bond donors (Lipinski definition) is 2. The fourth-order valence-corrected chi connectivity index (χ4v) is 3.11. The van der Waals surface area contributed by atoms with Gasteiger partial charge in [-0.05, 0) is 23.3 Å². The first-order chi connectivity index (χ1) is 13.6. The van der Waals surface area contributed by atoms with E-state index in [9.17, 15) is 14.7 Å². The summed E-state index contributed by atoms with van der Waals surface area (Å²) in [5.74, 6) is -0.582. The lowest BCUT2D eigenvalue weighted by atomic mass is 9.94. The van der Waals surface area contributed by atoms with E-state index in [0.29, 0.717) is 5.56 Å². The molecule has 0 aromatic heterocycles. The smallest absolute Gasteiger partial charge is 0.407 e. The number of carboxylic acid groups (broad SMARTS) is 1. The summed E-state index contributed by atoms with van der Waals surface area (Å²) >= 11 is 0. The Labute approximate surface area is 163 Å². The minimum absolute atomic E-state index is 0.202. The average molecular weight is 375 g/mol. The van der Waals surface area contributed by atoms with Crippen LogP contribution in [0.3, 0.4) is 0 Å². The Morgan fingerprint density at radius 2 is 1.18 bits per heavy atom. The van der Waals surface area contributed by atoms with Gasteiger partial charge in [-0.25, -0.2) is 9.59 Å². The molecule has 5 nitrogen and oxygen atoms in total. The van der Waals surface area contributed by atoms with Gasteiger partial charge in [-0.15, -0.1) is 0 Å². The van der Waals surface area contributed by atoms with Crippen molar-refractivity contribution in [2.45, 2.75) is 18.6 Å². The molecule has 0 atom stereocenters. The zero-order chi connectivity index (χ0) is 19.8. The van der Waals surface area contributed by atoms with Crippen LogP contribution in [0.25, 0.3) is 0 Å². The third-order valence-electron chi connectivity index (χ3n) is 4.30. The van der Waals surface area contributed by atoms with Crippen LogP contribution in [0.1, 0.15) is 21.5 Å². The monoisotopic (exact) mass is 375 g/mol. The minimum atomic E-state index is -1.44. The van der Waals surface area contributed by atoms with Gasteiger partial charge >= 0.3 is 12.1 Å². The Balaban J connectivity index is 1.97. The fourth-order valence-electron chi connectivity index (χ4n) is 3.11. The van der Waals surface area contributed by atoms with E-state index in [1.165, 1.54) is 0 Å². The van der Waals surface area contributed by atoms with Crippen molar-refractivity contribution in [3.8, 4) is 0 Å². The van der Waals surface area contributed by atoms with Gasteiger partial charge in [0, 0.05) is 12.8 Å². The van der Waals surface area contributed by atoms with Crippen LogP contribution in [-0.2, 0) is 17.6 Å². The molecule has 142 valence electrons. The molecule has 2 N–H and O–H groups in total. The highest BCUT2D eigenvalue weighted by Gasteiger charge is 2.37. The summed E-state index contributed by atoms with van der Waals surface area (Å²) < 4.78 is 5.81. The molecule has 0 saturated heterocycles. The molecule has 0 aliphatic rings. The van der Waals surface area contributed by atoms with Gasteiger partial charge in [0.2, 0.25) is 0 Å². The van der Waals surface area contributed by atoms with E-state index in [4.69, 9.17) is 4.74 Å². The third-order valence-corrected chi connectivity index (χ3v) is 4.30. The topological polar surface area (TPSA) is 75.6 Å². The van der Waals surface area contributed by atoms with Crippen LogP contribution < -0.4 is 5.32 Å². The lowest BCUT2D eigenvalue weighted by molar-refractivity contribution is -0.0335.